The van der Waals surface area contributed by atoms with Crippen LogP contribution in [0.3, 0.4) is 0 Å². The van der Waals surface area contributed by atoms with Crippen LogP contribution in [0.2, 0.25) is 0 Å². The lowest BCUT2D eigenvalue weighted by molar-refractivity contribution is -0.137. The summed E-state index contributed by atoms with van der Waals surface area (Å²) in [6, 6.07) is 10.9. The molecule has 30 heavy (non-hydrogen) atoms. The van der Waals surface area contributed by atoms with E-state index in [0.29, 0.717) is 0 Å². The monoisotopic (exact) mass is 416 g/mol. The highest BCUT2D eigenvalue weighted by Crippen LogP contribution is 2.41. The highest BCUT2D eigenvalue weighted by molar-refractivity contribution is 6.17. The van der Waals surface area contributed by atoms with Crippen molar-refractivity contribution in [3.63, 3.8) is 0 Å². The van der Waals surface area contributed by atoms with Crippen molar-refractivity contribution in [3.8, 4) is 11.5 Å². The number of ether oxygens (including phenoxy) is 1. The van der Waals surface area contributed by atoms with Crippen molar-refractivity contribution in [3.05, 3.63) is 71.3 Å². The zero-order chi connectivity index (χ0) is 21.6. The topological polar surface area (TPSA) is 97.0 Å². The van der Waals surface area contributed by atoms with Crippen LogP contribution in [0, 0.1) is 0 Å². The molecule has 152 valence electrons. The summed E-state index contributed by atoms with van der Waals surface area (Å²) in [5.41, 5.74) is -1.55. The van der Waals surface area contributed by atoms with E-state index in [9.17, 15) is 33.0 Å². The third kappa shape index (κ3) is 3.20. The predicted octanol–water partition coefficient (Wildman–Crippen LogP) is 5.79. The molecule has 1 aromatic heterocycles. The molecule has 0 spiro atoms. The van der Waals surface area contributed by atoms with Crippen molar-refractivity contribution < 1.29 is 42.1 Å². The van der Waals surface area contributed by atoms with Gasteiger partial charge in [-0.25, -0.2) is 9.59 Å². The molecule has 0 radical (unpaired) electrons. The minimum absolute atomic E-state index is 0.0237. The SMILES string of the molecule is O=C(O)c1cccc2c1oc1c(C(=O)O)ccc(Oc3cccc(C(F)(F)F)c3)c12. The zero-order valence-corrected chi connectivity index (χ0v) is 14.9. The van der Waals surface area contributed by atoms with Crippen LogP contribution in [0.25, 0.3) is 21.9 Å². The molecule has 0 bridgehead atoms. The Kier molecular flexibility index (Phi) is 4.38. The minimum atomic E-state index is -4.57. The summed E-state index contributed by atoms with van der Waals surface area (Å²) in [5, 5.41) is 19.2. The molecule has 6 nitrogen and oxygen atoms in total. The van der Waals surface area contributed by atoms with E-state index in [4.69, 9.17) is 9.15 Å². The molecule has 2 N–H and O–H groups in total. The molecule has 0 aliphatic rings. The van der Waals surface area contributed by atoms with E-state index in [0.717, 1.165) is 12.1 Å². The number of para-hydroxylation sites is 1. The smallest absolute Gasteiger partial charge is 0.416 e. The zero-order valence-electron chi connectivity index (χ0n) is 14.9. The highest BCUT2D eigenvalue weighted by atomic mass is 19.4. The number of furan rings is 1. The van der Waals surface area contributed by atoms with Crippen LogP contribution in [0.1, 0.15) is 26.3 Å². The van der Waals surface area contributed by atoms with Crippen LogP contribution in [0.15, 0.2) is 59.0 Å². The summed E-state index contributed by atoms with van der Waals surface area (Å²) in [7, 11) is 0. The van der Waals surface area contributed by atoms with Gasteiger partial charge >= 0.3 is 18.1 Å². The largest absolute Gasteiger partial charge is 0.478 e. The number of hydrogen-bond acceptors (Lipinski definition) is 4. The summed E-state index contributed by atoms with van der Waals surface area (Å²) in [6.07, 6.45) is -4.57. The quantitative estimate of drug-likeness (QED) is 0.437. The van der Waals surface area contributed by atoms with Gasteiger partial charge < -0.3 is 19.4 Å². The maximum absolute atomic E-state index is 13.0. The number of aromatic carboxylic acids is 2. The highest BCUT2D eigenvalue weighted by Gasteiger charge is 2.31. The van der Waals surface area contributed by atoms with Gasteiger partial charge in [0.2, 0.25) is 0 Å². The van der Waals surface area contributed by atoms with E-state index >= 15 is 0 Å². The molecule has 9 heteroatoms. The second-order valence-corrected chi connectivity index (χ2v) is 6.34. The van der Waals surface area contributed by atoms with Gasteiger partial charge in [-0.15, -0.1) is 0 Å². The Hall–Kier alpha value is -4.01. The van der Waals surface area contributed by atoms with Crippen LogP contribution in [-0.2, 0) is 6.18 Å². The standard InChI is InChI=1S/C21H11F3O6/c22-21(23,24)10-3-1-4-11(9-10)29-15-8-7-14(20(27)28)18-16(15)12-5-2-6-13(19(25)26)17(12)30-18/h1-9H,(H,25,26)(H,27,28). The van der Waals surface area contributed by atoms with Crippen molar-refractivity contribution >= 4 is 33.9 Å². The van der Waals surface area contributed by atoms with Gasteiger partial charge in [-0.1, -0.05) is 18.2 Å². The molecular weight excluding hydrogens is 405 g/mol. The van der Waals surface area contributed by atoms with E-state index in [-0.39, 0.29) is 44.6 Å². The third-order valence-electron chi connectivity index (χ3n) is 4.46. The first-order chi connectivity index (χ1) is 14.2. The number of carbonyl (C=O) groups is 2. The molecule has 4 rings (SSSR count). The van der Waals surface area contributed by atoms with Gasteiger partial charge in [-0.2, -0.15) is 13.2 Å². The van der Waals surface area contributed by atoms with Gasteiger partial charge in [0.1, 0.15) is 28.2 Å². The van der Waals surface area contributed by atoms with Gasteiger partial charge in [0.25, 0.3) is 0 Å². The number of carboxylic acid groups (broad SMARTS) is 2. The van der Waals surface area contributed by atoms with Gasteiger partial charge in [0, 0.05) is 5.39 Å². The Labute approximate surface area is 165 Å². The molecule has 1 heterocycles. The van der Waals surface area contributed by atoms with E-state index in [2.05, 4.69) is 0 Å². The van der Waals surface area contributed by atoms with Crippen LogP contribution < -0.4 is 4.74 Å². The average molecular weight is 416 g/mol. The number of rotatable bonds is 4. The van der Waals surface area contributed by atoms with Gasteiger partial charge in [-0.3, -0.25) is 0 Å². The number of halogens is 3. The number of benzene rings is 3. The second kappa shape index (κ2) is 6.80. The molecular formula is C21H11F3O6. The first kappa shape index (κ1) is 19.3. The maximum atomic E-state index is 13.0. The molecule has 0 saturated heterocycles. The Morgan fingerprint density at radius 1 is 0.867 bits per heavy atom. The van der Waals surface area contributed by atoms with E-state index in [1.807, 2.05) is 0 Å². The fourth-order valence-electron chi connectivity index (χ4n) is 3.16. The van der Waals surface area contributed by atoms with Crippen molar-refractivity contribution in [1.29, 1.82) is 0 Å². The van der Waals surface area contributed by atoms with Gasteiger partial charge in [-0.05, 0) is 36.4 Å². The summed E-state index contributed by atoms with van der Waals surface area (Å²) < 4.78 is 50.2. The second-order valence-electron chi connectivity index (χ2n) is 6.34. The van der Waals surface area contributed by atoms with Crippen molar-refractivity contribution in [2.45, 2.75) is 6.18 Å². The van der Waals surface area contributed by atoms with Crippen molar-refractivity contribution in [1.82, 2.24) is 0 Å². The molecule has 0 aliphatic heterocycles. The molecule has 3 aromatic carbocycles. The van der Waals surface area contributed by atoms with Crippen LogP contribution in [0.5, 0.6) is 11.5 Å². The first-order valence-corrected chi connectivity index (χ1v) is 8.46. The van der Waals surface area contributed by atoms with Crippen molar-refractivity contribution in [2.75, 3.05) is 0 Å². The number of alkyl halides is 3. The molecule has 0 fully saturated rings. The Morgan fingerprint density at radius 2 is 1.53 bits per heavy atom. The van der Waals surface area contributed by atoms with E-state index in [1.54, 1.807) is 0 Å². The first-order valence-electron chi connectivity index (χ1n) is 8.46. The number of hydrogen-bond donors (Lipinski definition) is 2. The summed E-state index contributed by atoms with van der Waals surface area (Å²) in [4.78, 5) is 23.1. The average Bonchev–Trinajstić information content (AvgIpc) is 3.07. The normalized spacial score (nSPS) is 11.7. The molecule has 4 aromatic rings. The van der Waals surface area contributed by atoms with Gasteiger partial charge in [0.05, 0.1) is 10.9 Å². The molecule has 0 amide bonds. The summed E-state index contributed by atoms with van der Waals surface area (Å²) >= 11 is 0. The molecule has 0 aliphatic carbocycles. The lowest BCUT2D eigenvalue weighted by atomic mass is 10.1. The molecule has 0 atom stereocenters. The van der Waals surface area contributed by atoms with E-state index in [1.165, 1.54) is 42.5 Å². The fraction of sp³-hybridized carbons (Fsp3) is 0.0476. The Balaban J connectivity index is 1.96. The number of carboxylic acids is 2. The fourth-order valence-corrected chi connectivity index (χ4v) is 3.16. The van der Waals surface area contributed by atoms with Gasteiger partial charge in [0.15, 0.2) is 5.58 Å². The Bertz CT molecular complexity index is 1320. The molecule has 0 saturated carbocycles. The number of fused-ring (bicyclic) bond motifs is 3. The van der Waals surface area contributed by atoms with Crippen LogP contribution >= 0.6 is 0 Å². The Morgan fingerprint density at radius 3 is 2.20 bits per heavy atom. The van der Waals surface area contributed by atoms with Crippen LogP contribution in [-0.4, -0.2) is 22.2 Å². The molecule has 0 unspecified atom stereocenters. The summed E-state index contributed by atoms with van der Waals surface area (Å²) in [5.74, 6) is -2.70. The minimum Gasteiger partial charge on any atom is -0.478 e. The van der Waals surface area contributed by atoms with Crippen molar-refractivity contribution in [2.24, 2.45) is 0 Å². The third-order valence-corrected chi connectivity index (χ3v) is 4.46. The summed E-state index contributed by atoms with van der Waals surface area (Å²) in [6.45, 7) is 0. The lowest BCUT2D eigenvalue weighted by Gasteiger charge is -2.11. The predicted molar refractivity (Wildman–Crippen MR) is 99.2 cm³/mol. The maximum Gasteiger partial charge on any atom is 0.416 e. The lowest BCUT2D eigenvalue weighted by Crippen LogP contribution is -2.04. The van der Waals surface area contributed by atoms with E-state index < -0.39 is 23.7 Å². The van der Waals surface area contributed by atoms with Crippen LogP contribution in [0.4, 0.5) is 13.2 Å².